The predicted molar refractivity (Wildman–Crippen MR) is 113 cm³/mol. The molecule has 2 aliphatic rings. The summed E-state index contributed by atoms with van der Waals surface area (Å²) >= 11 is 1.51. The smallest absolute Gasteiger partial charge is 0.279 e. The molecule has 2 aromatic rings. The van der Waals surface area contributed by atoms with Gasteiger partial charge in [-0.3, -0.25) is 25.2 Å². The van der Waals surface area contributed by atoms with Crippen LogP contribution < -0.4 is 16.2 Å². The zero-order valence-electron chi connectivity index (χ0n) is 16.4. The maximum Gasteiger partial charge on any atom is 0.279 e. The highest BCUT2D eigenvalue weighted by Gasteiger charge is 2.26. The first-order valence-electron chi connectivity index (χ1n) is 10.1. The number of carbonyl (C=O) groups excluding carboxylic acids is 3. The van der Waals surface area contributed by atoms with Crippen LogP contribution >= 0.6 is 11.3 Å². The third-order valence-corrected chi connectivity index (χ3v) is 6.94. The van der Waals surface area contributed by atoms with Gasteiger partial charge in [-0.05, 0) is 61.3 Å². The van der Waals surface area contributed by atoms with Gasteiger partial charge in [0.15, 0.2) is 0 Å². The van der Waals surface area contributed by atoms with E-state index in [0.29, 0.717) is 23.6 Å². The molecule has 0 saturated carbocycles. The van der Waals surface area contributed by atoms with Crippen LogP contribution in [-0.2, 0) is 28.9 Å². The summed E-state index contributed by atoms with van der Waals surface area (Å²) < 4.78 is 0. The molecule has 2 unspecified atom stereocenters. The topological polar surface area (TPSA) is 87.3 Å². The molecule has 1 aliphatic heterocycles. The highest BCUT2D eigenvalue weighted by atomic mass is 32.1. The van der Waals surface area contributed by atoms with E-state index >= 15 is 0 Å². The molecule has 2 heterocycles. The van der Waals surface area contributed by atoms with Crippen molar-refractivity contribution in [3.63, 3.8) is 0 Å². The van der Waals surface area contributed by atoms with Gasteiger partial charge >= 0.3 is 0 Å². The average Bonchev–Trinajstić information content (AvgIpc) is 3.13. The molecule has 1 aliphatic carbocycles. The summed E-state index contributed by atoms with van der Waals surface area (Å²) in [5, 5.41) is 2.89. The number of carbonyl (C=O) groups is 3. The minimum absolute atomic E-state index is 0.0565. The lowest BCUT2D eigenvalue weighted by molar-refractivity contribution is -0.123. The summed E-state index contributed by atoms with van der Waals surface area (Å²) in [4.78, 5) is 38.7. The Kier molecular flexibility index (Phi) is 5.67. The fourth-order valence-corrected chi connectivity index (χ4v) is 5.12. The van der Waals surface area contributed by atoms with Gasteiger partial charge in [-0.2, -0.15) is 0 Å². The molecule has 6 nitrogen and oxygen atoms in total. The summed E-state index contributed by atoms with van der Waals surface area (Å²) in [5.74, 6) is -0.220. The average molecular weight is 412 g/mol. The van der Waals surface area contributed by atoms with E-state index in [0.717, 1.165) is 30.5 Å². The van der Waals surface area contributed by atoms with Gasteiger partial charge in [0.05, 0.1) is 4.88 Å². The number of rotatable bonds is 4. The van der Waals surface area contributed by atoms with Crippen molar-refractivity contribution in [3.8, 4) is 0 Å². The standard InChI is InChI=1S/C22H25N3O3S/c1-13-6-8-18-16(10-13)12-19(29-18)22(28)25-24-20(26)9-7-15-11-14-4-2-3-5-17(14)23-21(15)27/h2-5,12-13,15H,6-11H2,1H3,(H,23,27)(H,24,26)(H,25,28). The van der Waals surface area contributed by atoms with E-state index in [-0.39, 0.29) is 30.1 Å². The first-order chi connectivity index (χ1) is 14.0. The number of nitrogens with one attached hydrogen (secondary N) is 3. The van der Waals surface area contributed by atoms with E-state index in [1.807, 2.05) is 30.3 Å². The van der Waals surface area contributed by atoms with Gasteiger partial charge in [-0.15, -0.1) is 11.3 Å². The Morgan fingerprint density at radius 2 is 2.00 bits per heavy atom. The maximum atomic E-state index is 12.4. The first-order valence-corrected chi connectivity index (χ1v) is 10.9. The number of anilines is 1. The molecule has 4 rings (SSSR count). The molecule has 2 atom stereocenters. The van der Waals surface area contributed by atoms with Crippen molar-refractivity contribution in [2.24, 2.45) is 11.8 Å². The number of hydrogen-bond acceptors (Lipinski definition) is 4. The number of fused-ring (bicyclic) bond motifs is 2. The van der Waals surface area contributed by atoms with Crippen LogP contribution in [0, 0.1) is 11.8 Å². The summed E-state index contributed by atoms with van der Waals surface area (Å²) in [5.41, 5.74) is 8.17. The van der Waals surface area contributed by atoms with Crippen LogP contribution in [0.15, 0.2) is 30.3 Å². The van der Waals surface area contributed by atoms with E-state index in [4.69, 9.17) is 0 Å². The molecule has 0 spiro atoms. The Morgan fingerprint density at radius 1 is 1.17 bits per heavy atom. The molecule has 1 aromatic heterocycles. The summed E-state index contributed by atoms with van der Waals surface area (Å²) in [7, 11) is 0. The van der Waals surface area contributed by atoms with Crippen LogP contribution in [0.25, 0.3) is 0 Å². The lowest BCUT2D eigenvalue weighted by Gasteiger charge is -2.24. The van der Waals surface area contributed by atoms with Gasteiger partial charge in [0, 0.05) is 22.9 Å². The Labute approximate surface area is 174 Å². The molecule has 0 bridgehead atoms. The molecular weight excluding hydrogens is 386 g/mol. The van der Waals surface area contributed by atoms with Crippen LogP contribution in [0.1, 0.15) is 51.9 Å². The fourth-order valence-electron chi connectivity index (χ4n) is 4.02. The normalized spacial score (nSPS) is 20.2. The monoisotopic (exact) mass is 411 g/mol. The molecule has 1 aromatic carbocycles. The van der Waals surface area contributed by atoms with E-state index in [1.165, 1.54) is 21.8 Å². The Hall–Kier alpha value is -2.67. The Morgan fingerprint density at radius 3 is 2.86 bits per heavy atom. The van der Waals surface area contributed by atoms with Crippen molar-refractivity contribution in [3.05, 3.63) is 51.2 Å². The second-order valence-corrected chi connectivity index (χ2v) is 9.13. The minimum Gasteiger partial charge on any atom is -0.326 e. The Balaban J connectivity index is 1.25. The zero-order chi connectivity index (χ0) is 20.4. The lowest BCUT2D eigenvalue weighted by Crippen LogP contribution is -2.41. The largest absolute Gasteiger partial charge is 0.326 e. The molecule has 0 radical (unpaired) electrons. The van der Waals surface area contributed by atoms with Crippen LogP contribution in [0.3, 0.4) is 0 Å². The molecule has 3 N–H and O–H groups in total. The molecule has 29 heavy (non-hydrogen) atoms. The zero-order valence-corrected chi connectivity index (χ0v) is 17.2. The van der Waals surface area contributed by atoms with Crippen molar-refractivity contribution in [2.75, 3.05) is 5.32 Å². The highest BCUT2D eigenvalue weighted by molar-refractivity contribution is 7.14. The second kappa shape index (κ2) is 8.37. The number of thiophene rings is 1. The summed E-state index contributed by atoms with van der Waals surface area (Å²) in [6.07, 6.45) is 4.43. The van der Waals surface area contributed by atoms with Crippen LogP contribution in [0.2, 0.25) is 0 Å². The van der Waals surface area contributed by atoms with Crippen molar-refractivity contribution >= 4 is 34.7 Å². The quantitative estimate of drug-likeness (QED) is 0.675. The molecule has 0 saturated heterocycles. The number of benzene rings is 1. The van der Waals surface area contributed by atoms with Crippen molar-refractivity contribution in [2.45, 2.75) is 45.4 Å². The third-order valence-electron chi connectivity index (χ3n) is 5.70. The molecular formula is C22H25N3O3S. The van der Waals surface area contributed by atoms with Gasteiger partial charge in [0.1, 0.15) is 0 Å². The Bertz CT molecular complexity index is 953. The van der Waals surface area contributed by atoms with Crippen LogP contribution in [0.5, 0.6) is 0 Å². The van der Waals surface area contributed by atoms with Crippen molar-refractivity contribution < 1.29 is 14.4 Å². The van der Waals surface area contributed by atoms with Gasteiger partial charge in [0.2, 0.25) is 11.8 Å². The third kappa shape index (κ3) is 4.50. The summed E-state index contributed by atoms with van der Waals surface area (Å²) in [6, 6.07) is 9.65. The van der Waals surface area contributed by atoms with Crippen molar-refractivity contribution in [1.29, 1.82) is 0 Å². The number of hydrogen-bond donors (Lipinski definition) is 3. The van der Waals surface area contributed by atoms with Crippen LogP contribution in [-0.4, -0.2) is 17.7 Å². The molecule has 0 fully saturated rings. The predicted octanol–water partition coefficient (Wildman–Crippen LogP) is 3.23. The number of amides is 3. The second-order valence-electron chi connectivity index (χ2n) is 8.00. The van der Waals surface area contributed by atoms with Gasteiger partial charge in [-0.1, -0.05) is 25.1 Å². The highest BCUT2D eigenvalue weighted by Crippen LogP contribution is 2.32. The fraction of sp³-hybridized carbons (Fsp3) is 0.409. The van der Waals surface area contributed by atoms with Crippen molar-refractivity contribution in [1.82, 2.24) is 10.9 Å². The maximum absolute atomic E-state index is 12.4. The lowest BCUT2D eigenvalue weighted by atomic mass is 9.89. The first kappa shape index (κ1) is 19.6. The number of para-hydroxylation sites is 1. The minimum atomic E-state index is -0.292. The van der Waals surface area contributed by atoms with E-state index in [1.54, 1.807) is 0 Å². The molecule has 152 valence electrons. The van der Waals surface area contributed by atoms with Crippen LogP contribution in [0.4, 0.5) is 5.69 Å². The van der Waals surface area contributed by atoms with Gasteiger partial charge in [-0.25, -0.2) is 0 Å². The SMILES string of the molecule is CC1CCc2sc(C(=O)NNC(=O)CCC3Cc4ccccc4NC3=O)cc2C1. The van der Waals surface area contributed by atoms with Gasteiger partial charge in [0.25, 0.3) is 5.91 Å². The summed E-state index contributed by atoms with van der Waals surface area (Å²) in [6.45, 7) is 2.23. The molecule has 3 amide bonds. The van der Waals surface area contributed by atoms with E-state index in [2.05, 4.69) is 23.1 Å². The van der Waals surface area contributed by atoms with E-state index < -0.39 is 0 Å². The molecule has 7 heteroatoms. The number of hydrazine groups is 1. The van der Waals surface area contributed by atoms with E-state index in [9.17, 15) is 14.4 Å². The van der Waals surface area contributed by atoms with Gasteiger partial charge < -0.3 is 5.32 Å². The number of aryl methyl sites for hydroxylation is 1.